The molecule has 0 aromatic rings. The summed E-state index contributed by atoms with van der Waals surface area (Å²) in [5.41, 5.74) is 0. The zero-order chi connectivity index (χ0) is 7.94. The number of aliphatic hydroxyl groups is 2. The standard InChI is InChI=1S/C6H10O4/c1-3-4(7)5(8)6(2,9)10-3/h3,5,8-9H,1-2H3. The van der Waals surface area contributed by atoms with E-state index >= 15 is 0 Å². The van der Waals surface area contributed by atoms with Crippen molar-refractivity contribution < 1.29 is 19.7 Å². The number of carbonyl (C=O) groups excluding carboxylic acids is 1. The molecule has 4 nitrogen and oxygen atoms in total. The van der Waals surface area contributed by atoms with Crippen LogP contribution in [0, 0.1) is 0 Å². The minimum atomic E-state index is -1.70. The number of carbonyl (C=O) groups is 1. The van der Waals surface area contributed by atoms with Gasteiger partial charge in [0.1, 0.15) is 6.10 Å². The first-order valence-corrected chi connectivity index (χ1v) is 3.07. The Balaban J connectivity index is 2.81. The molecule has 58 valence electrons. The van der Waals surface area contributed by atoms with Gasteiger partial charge in [-0.2, -0.15) is 0 Å². The fraction of sp³-hybridized carbons (Fsp3) is 0.833. The van der Waals surface area contributed by atoms with E-state index in [1.807, 2.05) is 0 Å². The molecule has 3 atom stereocenters. The zero-order valence-corrected chi connectivity index (χ0v) is 5.87. The van der Waals surface area contributed by atoms with Gasteiger partial charge in [-0.15, -0.1) is 0 Å². The maximum atomic E-state index is 10.8. The average Bonchev–Trinajstić information content (AvgIpc) is 1.95. The molecule has 10 heavy (non-hydrogen) atoms. The Bertz CT molecular complexity index is 163. The molecular formula is C6H10O4. The van der Waals surface area contributed by atoms with E-state index in [-0.39, 0.29) is 0 Å². The number of Topliss-reactive ketones (excluding diaryl/α,β-unsaturated/α-hetero) is 1. The van der Waals surface area contributed by atoms with Crippen LogP contribution in [0.3, 0.4) is 0 Å². The van der Waals surface area contributed by atoms with Crippen LogP contribution in [0.25, 0.3) is 0 Å². The van der Waals surface area contributed by atoms with Gasteiger partial charge in [0.2, 0.25) is 0 Å². The van der Waals surface area contributed by atoms with Crippen molar-refractivity contribution in [2.45, 2.75) is 31.8 Å². The van der Waals surface area contributed by atoms with E-state index in [1.165, 1.54) is 13.8 Å². The Hall–Kier alpha value is -0.450. The molecule has 1 saturated heterocycles. The smallest absolute Gasteiger partial charge is 0.197 e. The Morgan fingerprint density at radius 3 is 2.30 bits per heavy atom. The van der Waals surface area contributed by atoms with Crippen LogP contribution >= 0.6 is 0 Å². The largest absolute Gasteiger partial charge is 0.380 e. The molecule has 0 aliphatic carbocycles. The van der Waals surface area contributed by atoms with Crippen molar-refractivity contribution in [1.29, 1.82) is 0 Å². The van der Waals surface area contributed by atoms with Crippen LogP contribution in [-0.4, -0.2) is 34.0 Å². The molecular weight excluding hydrogens is 136 g/mol. The van der Waals surface area contributed by atoms with Crippen LogP contribution in [0.5, 0.6) is 0 Å². The van der Waals surface area contributed by atoms with E-state index in [1.54, 1.807) is 0 Å². The first-order chi connectivity index (χ1) is 4.45. The number of aliphatic hydroxyl groups excluding tert-OH is 1. The van der Waals surface area contributed by atoms with Gasteiger partial charge < -0.3 is 14.9 Å². The molecule has 1 fully saturated rings. The summed E-state index contributed by atoms with van der Waals surface area (Å²) in [5, 5.41) is 18.1. The second-order valence-electron chi connectivity index (χ2n) is 2.62. The minimum Gasteiger partial charge on any atom is -0.380 e. The molecule has 0 aromatic heterocycles. The highest BCUT2D eigenvalue weighted by Gasteiger charge is 2.47. The molecule has 0 spiro atoms. The highest BCUT2D eigenvalue weighted by atomic mass is 16.7. The van der Waals surface area contributed by atoms with Crippen molar-refractivity contribution in [1.82, 2.24) is 0 Å². The summed E-state index contributed by atoms with van der Waals surface area (Å²) in [4.78, 5) is 10.8. The summed E-state index contributed by atoms with van der Waals surface area (Å²) in [7, 11) is 0. The Morgan fingerprint density at radius 2 is 2.20 bits per heavy atom. The molecule has 0 amide bonds. The number of rotatable bonds is 0. The Morgan fingerprint density at radius 1 is 1.70 bits per heavy atom. The molecule has 1 rings (SSSR count). The predicted octanol–water partition coefficient (Wildman–Crippen LogP) is -0.956. The lowest BCUT2D eigenvalue weighted by Gasteiger charge is -2.17. The van der Waals surface area contributed by atoms with Gasteiger partial charge in [-0.1, -0.05) is 0 Å². The van der Waals surface area contributed by atoms with Gasteiger partial charge in [0.05, 0.1) is 0 Å². The molecule has 3 unspecified atom stereocenters. The van der Waals surface area contributed by atoms with Crippen molar-refractivity contribution in [3.05, 3.63) is 0 Å². The lowest BCUT2D eigenvalue weighted by molar-refractivity contribution is -0.211. The third-order valence-corrected chi connectivity index (χ3v) is 1.59. The topological polar surface area (TPSA) is 66.8 Å². The normalized spacial score (nSPS) is 48.2. The summed E-state index contributed by atoms with van der Waals surface area (Å²) in [6.45, 7) is 2.76. The number of hydrogen-bond donors (Lipinski definition) is 2. The lowest BCUT2D eigenvalue weighted by Crippen LogP contribution is -2.38. The van der Waals surface area contributed by atoms with Gasteiger partial charge in [0.15, 0.2) is 17.7 Å². The van der Waals surface area contributed by atoms with Crippen molar-refractivity contribution in [2.24, 2.45) is 0 Å². The SMILES string of the molecule is CC1OC(C)(O)C(O)C1=O. The molecule has 0 saturated carbocycles. The Kier molecular flexibility index (Phi) is 1.54. The number of hydrogen-bond acceptors (Lipinski definition) is 4. The van der Waals surface area contributed by atoms with Crippen molar-refractivity contribution >= 4 is 5.78 Å². The van der Waals surface area contributed by atoms with Crippen LogP contribution < -0.4 is 0 Å². The fourth-order valence-electron chi connectivity index (χ4n) is 0.967. The van der Waals surface area contributed by atoms with Crippen molar-refractivity contribution in [3.63, 3.8) is 0 Å². The van der Waals surface area contributed by atoms with Gasteiger partial charge in [0.25, 0.3) is 0 Å². The second kappa shape index (κ2) is 2.02. The van der Waals surface area contributed by atoms with Crippen LogP contribution in [-0.2, 0) is 9.53 Å². The summed E-state index contributed by atoms with van der Waals surface area (Å²) >= 11 is 0. The zero-order valence-electron chi connectivity index (χ0n) is 5.87. The first-order valence-electron chi connectivity index (χ1n) is 3.07. The monoisotopic (exact) mass is 146 g/mol. The molecule has 0 radical (unpaired) electrons. The van der Waals surface area contributed by atoms with Gasteiger partial charge in [-0.05, 0) is 13.8 Å². The lowest BCUT2D eigenvalue weighted by atomic mass is 10.1. The third-order valence-electron chi connectivity index (χ3n) is 1.59. The molecule has 1 aliphatic heterocycles. The van der Waals surface area contributed by atoms with Gasteiger partial charge in [-0.3, -0.25) is 4.79 Å². The maximum Gasteiger partial charge on any atom is 0.197 e. The van der Waals surface area contributed by atoms with Crippen LogP contribution in [0.15, 0.2) is 0 Å². The van der Waals surface area contributed by atoms with Gasteiger partial charge in [0, 0.05) is 0 Å². The van der Waals surface area contributed by atoms with Crippen molar-refractivity contribution in [2.75, 3.05) is 0 Å². The van der Waals surface area contributed by atoms with E-state index in [4.69, 9.17) is 14.9 Å². The fourth-order valence-corrected chi connectivity index (χ4v) is 0.967. The van der Waals surface area contributed by atoms with E-state index in [2.05, 4.69) is 0 Å². The minimum absolute atomic E-state index is 0.468. The van der Waals surface area contributed by atoms with E-state index in [0.29, 0.717) is 0 Å². The van der Waals surface area contributed by atoms with E-state index in [9.17, 15) is 4.79 Å². The highest BCUT2D eigenvalue weighted by molar-refractivity contribution is 5.89. The highest BCUT2D eigenvalue weighted by Crippen LogP contribution is 2.24. The third kappa shape index (κ3) is 0.941. The van der Waals surface area contributed by atoms with Gasteiger partial charge >= 0.3 is 0 Å². The predicted molar refractivity (Wildman–Crippen MR) is 32.2 cm³/mol. The average molecular weight is 146 g/mol. The summed E-state index contributed by atoms with van der Waals surface area (Å²) in [5.74, 6) is -2.17. The quantitative estimate of drug-likeness (QED) is 0.462. The number of ketones is 1. The summed E-state index contributed by atoms with van der Waals surface area (Å²) in [6, 6.07) is 0. The van der Waals surface area contributed by atoms with Crippen molar-refractivity contribution in [3.8, 4) is 0 Å². The second-order valence-corrected chi connectivity index (χ2v) is 2.62. The van der Waals surface area contributed by atoms with Crippen LogP contribution in [0.2, 0.25) is 0 Å². The first kappa shape index (κ1) is 7.65. The van der Waals surface area contributed by atoms with Gasteiger partial charge in [-0.25, -0.2) is 0 Å². The van der Waals surface area contributed by atoms with Crippen LogP contribution in [0.4, 0.5) is 0 Å². The van der Waals surface area contributed by atoms with E-state index in [0.717, 1.165) is 0 Å². The summed E-state index contributed by atoms with van der Waals surface area (Å²) in [6.07, 6.45) is -2.10. The summed E-state index contributed by atoms with van der Waals surface area (Å²) < 4.78 is 4.73. The molecule has 0 bridgehead atoms. The Labute approximate surface area is 58.4 Å². The molecule has 2 N–H and O–H groups in total. The molecule has 1 aliphatic rings. The van der Waals surface area contributed by atoms with E-state index < -0.39 is 23.8 Å². The molecule has 0 aromatic carbocycles. The molecule has 4 heteroatoms. The molecule has 1 heterocycles. The number of ether oxygens (including phenoxy) is 1. The van der Waals surface area contributed by atoms with Crippen LogP contribution in [0.1, 0.15) is 13.8 Å². The maximum absolute atomic E-state index is 10.8.